The van der Waals surface area contributed by atoms with Gasteiger partial charge in [0.15, 0.2) is 0 Å². The Labute approximate surface area is 192 Å². The van der Waals surface area contributed by atoms with E-state index in [1.807, 2.05) is 19.2 Å². The molecule has 3 aromatic heterocycles. The Morgan fingerprint density at radius 1 is 1.19 bits per heavy atom. The minimum absolute atomic E-state index is 0.126. The number of nitrogens with zero attached hydrogens (tertiary/aromatic N) is 4. The van der Waals surface area contributed by atoms with Gasteiger partial charge in [-0.05, 0) is 54.0 Å². The summed E-state index contributed by atoms with van der Waals surface area (Å²) >= 11 is 5.15. The van der Waals surface area contributed by atoms with Gasteiger partial charge >= 0.3 is 0 Å². The average molecular weight is 496 g/mol. The molecule has 1 aromatic carbocycles. The van der Waals surface area contributed by atoms with Crippen LogP contribution in [0.15, 0.2) is 58.1 Å². The predicted octanol–water partition coefficient (Wildman–Crippen LogP) is 4.38. The van der Waals surface area contributed by atoms with Gasteiger partial charge in [-0.1, -0.05) is 29.8 Å². The maximum Gasteiger partial charge on any atom is 0.289 e. The van der Waals surface area contributed by atoms with Crippen LogP contribution in [0, 0.1) is 6.92 Å². The van der Waals surface area contributed by atoms with Crippen LogP contribution in [-0.4, -0.2) is 40.9 Å². The first-order valence-corrected chi connectivity index (χ1v) is 11.8. The Balaban J connectivity index is 1.50. The maximum atomic E-state index is 13.2. The van der Waals surface area contributed by atoms with Crippen molar-refractivity contribution in [2.45, 2.75) is 19.4 Å². The Bertz CT molecular complexity index is 1310. The van der Waals surface area contributed by atoms with Gasteiger partial charge in [0.2, 0.25) is 0 Å². The van der Waals surface area contributed by atoms with Gasteiger partial charge < -0.3 is 10.2 Å². The van der Waals surface area contributed by atoms with E-state index >= 15 is 0 Å². The van der Waals surface area contributed by atoms with Crippen molar-refractivity contribution in [2.24, 2.45) is 0 Å². The first kappa shape index (κ1) is 20.4. The van der Waals surface area contributed by atoms with Gasteiger partial charge in [0.1, 0.15) is 10.5 Å². The molecule has 1 saturated heterocycles. The highest BCUT2D eigenvalue weighted by Crippen LogP contribution is 2.32. The fourth-order valence-corrected chi connectivity index (χ4v) is 5.59. The molecule has 4 heterocycles. The first-order valence-electron chi connectivity index (χ1n) is 10.2. The SMILES string of the molecule is CN[C@@H]1CCN(c2ncc(-n3ncc4cc(-c5ccc(C)cc5)sc4c3=O)cc2Br)C1. The molecule has 8 heteroatoms. The van der Waals surface area contributed by atoms with Crippen LogP contribution in [-0.2, 0) is 0 Å². The quantitative estimate of drug-likeness (QED) is 0.455. The molecule has 0 amide bonds. The predicted molar refractivity (Wildman–Crippen MR) is 131 cm³/mol. The standard InChI is InChI=1S/C23H22BrN5OS/c1-14-3-5-15(6-4-14)20-9-16-11-27-29(23(30)21(16)31-20)18-10-19(24)22(26-12-18)28-8-7-17(13-28)25-2/h3-6,9-12,17,25H,7-8,13H2,1-2H3/t17-/m1/s1. The minimum atomic E-state index is -0.126. The van der Waals surface area contributed by atoms with E-state index in [1.165, 1.54) is 21.6 Å². The molecule has 1 atom stereocenters. The monoisotopic (exact) mass is 495 g/mol. The largest absolute Gasteiger partial charge is 0.354 e. The number of benzene rings is 1. The molecule has 0 unspecified atom stereocenters. The summed E-state index contributed by atoms with van der Waals surface area (Å²) in [6.07, 6.45) is 4.57. The minimum Gasteiger partial charge on any atom is -0.354 e. The van der Waals surface area contributed by atoms with Gasteiger partial charge in [0.25, 0.3) is 5.56 Å². The van der Waals surface area contributed by atoms with E-state index in [4.69, 9.17) is 0 Å². The third-order valence-electron chi connectivity index (χ3n) is 5.74. The lowest BCUT2D eigenvalue weighted by Gasteiger charge is -2.19. The number of aromatic nitrogens is 3. The second-order valence-corrected chi connectivity index (χ2v) is 9.75. The van der Waals surface area contributed by atoms with Crippen molar-refractivity contribution in [3.05, 3.63) is 69.2 Å². The van der Waals surface area contributed by atoms with Crippen LogP contribution in [0.3, 0.4) is 0 Å². The highest BCUT2D eigenvalue weighted by molar-refractivity contribution is 9.10. The van der Waals surface area contributed by atoms with E-state index in [2.05, 4.69) is 67.4 Å². The van der Waals surface area contributed by atoms with Crippen LogP contribution in [0.2, 0.25) is 0 Å². The van der Waals surface area contributed by atoms with Gasteiger partial charge in [-0.3, -0.25) is 4.79 Å². The van der Waals surface area contributed by atoms with Gasteiger partial charge in [-0.2, -0.15) is 9.78 Å². The molecule has 6 nitrogen and oxygen atoms in total. The number of halogens is 1. The maximum absolute atomic E-state index is 13.2. The number of aryl methyl sites for hydroxylation is 1. The summed E-state index contributed by atoms with van der Waals surface area (Å²) in [4.78, 5) is 21.2. The zero-order valence-electron chi connectivity index (χ0n) is 17.3. The van der Waals surface area contributed by atoms with Gasteiger partial charge in [-0.15, -0.1) is 11.3 Å². The normalized spacial score (nSPS) is 16.4. The number of anilines is 1. The molecule has 0 saturated carbocycles. The van der Waals surface area contributed by atoms with Crippen molar-refractivity contribution in [1.82, 2.24) is 20.1 Å². The molecular formula is C23H22BrN5OS. The number of likely N-dealkylation sites (N-methyl/N-ethyl adjacent to an activating group) is 1. The van der Waals surface area contributed by atoms with Crippen LogP contribution in [0.4, 0.5) is 5.82 Å². The summed E-state index contributed by atoms with van der Waals surface area (Å²) in [6, 6.07) is 12.8. The van der Waals surface area contributed by atoms with Crippen molar-refractivity contribution >= 4 is 43.2 Å². The molecule has 1 fully saturated rings. The summed E-state index contributed by atoms with van der Waals surface area (Å²) in [5.41, 5.74) is 2.85. The zero-order valence-corrected chi connectivity index (χ0v) is 19.7. The molecule has 5 rings (SSSR count). The van der Waals surface area contributed by atoms with Crippen LogP contribution >= 0.6 is 27.3 Å². The Morgan fingerprint density at radius 2 is 2.00 bits per heavy atom. The van der Waals surface area contributed by atoms with E-state index in [1.54, 1.807) is 12.4 Å². The third kappa shape index (κ3) is 3.79. The number of hydrogen-bond acceptors (Lipinski definition) is 6. The lowest BCUT2D eigenvalue weighted by atomic mass is 10.1. The molecule has 1 aliphatic rings. The molecule has 31 heavy (non-hydrogen) atoms. The number of pyridine rings is 1. The smallest absolute Gasteiger partial charge is 0.289 e. The Kier molecular flexibility index (Phi) is 5.37. The van der Waals surface area contributed by atoms with E-state index in [0.29, 0.717) is 16.4 Å². The fourth-order valence-electron chi connectivity index (χ4n) is 3.94. The second-order valence-electron chi connectivity index (χ2n) is 7.84. The zero-order chi connectivity index (χ0) is 21.5. The van der Waals surface area contributed by atoms with Gasteiger partial charge in [-0.25, -0.2) is 4.98 Å². The summed E-state index contributed by atoms with van der Waals surface area (Å²) in [7, 11) is 1.99. The molecule has 158 valence electrons. The van der Waals surface area contributed by atoms with E-state index in [-0.39, 0.29) is 5.56 Å². The summed E-state index contributed by atoms with van der Waals surface area (Å²) in [6.45, 7) is 3.94. The Morgan fingerprint density at radius 3 is 2.71 bits per heavy atom. The van der Waals surface area contributed by atoms with E-state index in [9.17, 15) is 4.79 Å². The summed E-state index contributed by atoms with van der Waals surface area (Å²) in [5, 5.41) is 8.60. The lowest BCUT2D eigenvalue weighted by molar-refractivity contribution is 0.616. The molecule has 4 aromatic rings. The number of thiophene rings is 1. The van der Waals surface area contributed by atoms with Crippen molar-refractivity contribution < 1.29 is 0 Å². The van der Waals surface area contributed by atoms with Crippen LogP contribution < -0.4 is 15.8 Å². The van der Waals surface area contributed by atoms with Crippen LogP contribution in [0.1, 0.15) is 12.0 Å². The molecule has 0 spiro atoms. The molecule has 1 N–H and O–H groups in total. The van der Waals surface area contributed by atoms with E-state index < -0.39 is 0 Å². The molecule has 0 radical (unpaired) electrons. The average Bonchev–Trinajstić information content (AvgIpc) is 3.42. The molecule has 0 aliphatic carbocycles. The summed E-state index contributed by atoms with van der Waals surface area (Å²) < 4.78 is 2.99. The second kappa shape index (κ2) is 8.18. The molecular weight excluding hydrogens is 474 g/mol. The van der Waals surface area contributed by atoms with Crippen molar-refractivity contribution in [3.8, 4) is 16.1 Å². The highest BCUT2D eigenvalue weighted by atomic mass is 79.9. The number of nitrogens with one attached hydrogen (secondary N) is 1. The van der Waals surface area contributed by atoms with Crippen molar-refractivity contribution in [2.75, 3.05) is 25.0 Å². The van der Waals surface area contributed by atoms with Crippen LogP contribution in [0.5, 0.6) is 0 Å². The number of fused-ring (bicyclic) bond motifs is 1. The third-order valence-corrected chi connectivity index (χ3v) is 7.52. The molecule has 0 bridgehead atoms. The summed E-state index contributed by atoms with van der Waals surface area (Å²) in [5.74, 6) is 0.897. The topological polar surface area (TPSA) is 63.1 Å². The Hall–Kier alpha value is -2.55. The van der Waals surface area contributed by atoms with Crippen LogP contribution in [0.25, 0.3) is 26.2 Å². The van der Waals surface area contributed by atoms with Gasteiger partial charge in [0, 0.05) is 29.4 Å². The first-order chi connectivity index (χ1) is 15.0. The molecule has 1 aliphatic heterocycles. The fraction of sp³-hybridized carbons (Fsp3) is 0.261. The van der Waals surface area contributed by atoms with Crippen molar-refractivity contribution in [3.63, 3.8) is 0 Å². The van der Waals surface area contributed by atoms with E-state index in [0.717, 1.165) is 45.6 Å². The van der Waals surface area contributed by atoms with Gasteiger partial charge in [0.05, 0.1) is 22.6 Å². The highest BCUT2D eigenvalue weighted by Gasteiger charge is 2.24. The lowest BCUT2D eigenvalue weighted by Crippen LogP contribution is -2.30. The van der Waals surface area contributed by atoms with Crippen molar-refractivity contribution in [1.29, 1.82) is 0 Å². The number of hydrogen-bond donors (Lipinski definition) is 1. The number of rotatable bonds is 4.